The fraction of sp³-hybridized carbons (Fsp3) is 0.200. The summed E-state index contributed by atoms with van der Waals surface area (Å²) in [5, 5.41) is 10.8. The molecule has 1 heterocycles. The number of benzene rings is 2. The summed E-state index contributed by atoms with van der Waals surface area (Å²) in [5.41, 5.74) is 1.17. The molecular formula is C20H19Cl2N3OS. The van der Waals surface area contributed by atoms with Crippen LogP contribution in [0.2, 0.25) is 10.0 Å². The zero-order valence-corrected chi connectivity index (χ0v) is 17.1. The lowest BCUT2D eigenvalue weighted by Gasteiger charge is -2.16. The van der Waals surface area contributed by atoms with E-state index >= 15 is 0 Å². The maximum absolute atomic E-state index is 6.19. The first-order valence-corrected chi connectivity index (χ1v) is 10.1. The van der Waals surface area contributed by atoms with Crippen LogP contribution in [0.4, 0.5) is 0 Å². The maximum atomic E-state index is 6.19. The third kappa shape index (κ3) is 5.06. The first-order chi connectivity index (χ1) is 13.1. The van der Waals surface area contributed by atoms with Crippen molar-refractivity contribution in [3.63, 3.8) is 0 Å². The molecule has 3 rings (SSSR count). The Kier molecular flexibility index (Phi) is 6.83. The van der Waals surface area contributed by atoms with Gasteiger partial charge in [0.2, 0.25) is 0 Å². The summed E-state index contributed by atoms with van der Waals surface area (Å²) in [6.07, 6.45) is 1.52. The number of rotatable bonds is 8. The van der Waals surface area contributed by atoms with Crippen molar-refractivity contribution < 1.29 is 4.74 Å². The van der Waals surface area contributed by atoms with Crippen LogP contribution in [-0.2, 0) is 12.3 Å². The van der Waals surface area contributed by atoms with Gasteiger partial charge in [0.15, 0.2) is 17.1 Å². The molecule has 0 saturated carbocycles. The van der Waals surface area contributed by atoms with E-state index in [9.17, 15) is 0 Å². The Morgan fingerprint density at radius 1 is 1.15 bits per heavy atom. The van der Waals surface area contributed by atoms with Gasteiger partial charge in [0.1, 0.15) is 5.75 Å². The van der Waals surface area contributed by atoms with Crippen molar-refractivity contribution in [2.75, 3.05) is 0 Å². The molecule has 0 N–H and O–H groups in total. The molecule has 27 heavy (non-hydrogen) atoms. The average Bonchev–Trinajstić information content (AvgIpc) is 3.06. The van der Waals surface area contributed by atoms with Gasteiger partial charge in [-0.15, -0.1) is 16.8 Å². The van der Waals surface area contributed by atoms with Gasteiger partial charge in [-0.3, -0.25) is 4.57 Å². The van der Waals surface area contributed by atoms with Gasteiger partial charge in [-0.2, -0.15) is 0 Å². The average molecular weight is 420 g/mol. The summed E-state index contributed by atoms with van der Waals surface area (Å²) in [5.74, 6) is 2.12. The van der Waals surface area contributed by atoms with Gasteiger partial charge in [0.25, 0.3) is 0 Å². The quantitative estimate of drug-likeness (QED) is 0.321. The van der Waals surface area contributed by atoms with E-state index in [0.717, 1.165) is 21.8 Å². The maximum Gasteiger partial charge on any atom is 0.191 e. The standard InChI is InChI=1S/C20H19Cl2N3OS/c1-3-12-25-19(14(2)26-18-7-5-4-6-17(18)22)23-24-20(25)27-13-15-8-10-16(21)11-9-15/h3-11,14H,1,12-13H2,2H3. The molecule has 2 aromatic carbocycles. The van der Waals surface area contributed by atoms with Crippen molar-refractivity contribution in [1.29, 1.82) is 0 Å². The van der Waals surface area contributed by atoms with E-state index in [0.29, 0.717) is 17.3 Å². The Morgan fingerprint density at radius 3 is 2.59 bits per heavy atom. The Balaban J connectivity index is 1.76. The minimum atomic E-state index is -0.303. The molecule has 140 valence electrons. The highest BCUT2D eigenvalue weighted by Gasteiger charge is 2.19. The predicted octanol–water partition coefficient (Wildman–Crippen LogP) is 6.20. The molecule has 7 heteroatoms. The third-order valence-electron chi connectivity index (χ3n) is 3.84. The number of halogens is 2. The number of para-hydroxylation sites is 1. The van der Waals surface area contributed by atoms with Crippen LogP contribution in [0.1, 0.15) is 24.4 Å². The van der Waals surface area contributed by atoms with E-state index in [1.807, 2.05) is 60.0 Å². The van der Waals surface area contributed by atoms with Crippen molar-refractivity contribution in [1.82, 2.24) is 14.8 Å². The van der Waals surface area contributed by atoms with E-state index in [1.54, 1.807) is 17.8 Å². The summed E-state index contributed by atoms with van der Waals surface area (Å²) in [4.78, 5) is 0. The van der Waals surface area contributed by atoms with E-state index < -0.39 is 0 Å². The molecule has 0 aliphatic rings. The van der Waals surface area contributed by atoms with E-state index in [-0.39, 0.29) is 6.10 Å². The van der Waals surface area contributed by atoms with E-state index in [2.05, 4.69) is 16.8 Å². The molecule has 0 spiro atoms. The Morgan fingerprint density at radius 2 is 1.89 bits per heavy atom. The molecular weight excluding hydrogens is 401 g/mol. The predicted molar refractivity (Wildman–Crippen MR) is 112 cm³/mol. The largest absolute Gasteiger partial charge is 0.481 e. The van der Waals surface area contributed by atoms with Crippen molar-refractivity contribution in [3.8, 4) is 5.75 Å². The number of allylic oxidation sites excluding steroid dienone is 1. The first kappa shape index (κ1) is 19.8. The number of nitrogens with zero attached hydrogens (tertiary/aromatic N) is 3. The van der Waals surface area contributed by atoms with Crippen LogP contribution in [0.25, 0.3) is 0 Å². The Bertz CT molecular complexity index is 912. The number of aromatic nitrogens is 3. The molecule has 0 aliphatic heterocycles. The number of thioether (sulfide) groups is 1. The normalized spacial score (nSPS) is 12.0. The van der Waals surface area contributed by atoms with Crippen molar-refractivity contribution in [3.05, 3.63) is 82.6 Å². The topological polar surface area (TPSA) is 39.9 Å². The molecule has 4 nitrogen and oxygen atoms in total. The molecule has 0 bridgehead atoms. The molecule has 0 aliphatic carbocycles. The second-order valence-corrected chi connectivity index (χ2v) is 7.63. The number of hydrogen-bond donors (Lipinski definition) is 0. The summed E-state index contributed by atoms with van der Waals surface area (Å²) < 4.78 is 8.00. The van der Waals surface area contributed by atoms with E-state index in [4.69, 9.17) is 27.9 Å². The summed E-state index contributed by atoms with van der Waals surface area (Å²) in [6, 6.07) is 15.2. The van der Waals surface area contributed by atoms with Crippen molar-refractivity contribution >= 4 is 35.0 Å². The lowest BCUT2D eigenvalue weighted by atomic mass is 10.2. The lowest BCUT2D eigenvalue weighted by Crippen LogP contribution is -2.12. The molecule has 1 atom stereocenters. The smallest absolute Gasteiger partial charge is 0.191 e. The van der Waals surface area contributed by atoms with Crippen LogP contribution in [0, 0.1) is 0 Å². The molecule has 3 aromatic rings. The van der Waals surface area contributed by atoms with E-state index in [1.165, 1.54) is 5.56 Å². The van der Waals surface area contributed by atoms with Gasteiger partial charge in [-0.1, -0.05) is 65.3 Å². The molecule has 1 unspecified atom stereocenters. The molecule has 0 amide bonds. The highest BCUT2D eigenvalue weighted by molar-refractivity contribution is 7.98. The van der Waals surface area contributed by atoms with Gasteiger partial charge in [0, 0.05) is 17.3 Å². The summed E-state index contributed by atoms with van der Waals surface area (Å²) in [6.45, 7) is 6.37. The van der Waals surface area contributed by atoms with Gasteiger partial charge in [-0.25, -0.2) is 0 Å². The summed E-state index contributed by atoms with van der Waals surface area (Å²) >= 11 is 13.7. The van der Waals surface area contributed by atoms with Gasteiger partial charge >= 0.3 is 0 Å². The van der Waals surface area contributed by atoms with Crippen LogP contribution >= 0.6 is 35.0 Å². The van der Waals surface area contributed by atoms with Crippen LogP contribution in [-0.4, -0.2) is 14.8 Å². The van der Waals surface area contributed by atoms with Crippen LogP contribution < -0.4 is 4.74 Å². The van der Waals surface area contributed by atoms with Gasteiger partial charge in [-0.05, 0) is 36.8 Å². The fourth-order valence-corrected chi connectivity index (χ4v) is 3.74. The Labute approximate surface area is 173 Å². The molecule has 1 aromatic heterocycles. The molecule has 0 saturated heterocycles. The minimum Gasteiger partial charge on any atom is -0.481 e. The SMILES string of the molecule is C=CCn1c(SCc2ccc(Cl)cc2)nnc1C(C)Oc1ccccc1Cl. The number of hydrogen-bond acceptors (Lipinski definition) is 4. The second-order valence-electron chi connectivity index (χ2n) is 5.85. The van der Waals surface area contributed by atoms with Crippen LogP contribution in [0.3, 0.4) is 0 Å². The Hall–Kier alpha value is -1.95. The molecule has 0 fully saturated rings. The van der Waals surface area contributed by atoms with Crippen molar-refractivity contribution in [2.24, 2.45) is 0 Å². The van der Waals surface area contributed by atoms with Crippen LogP contribution in [0.15, 0.2) is 66.3 Å². The zero-order chi connectivity index (χ0) is 19.2. The number of ether oxygens (including phenoxy) is 1. The fourth-order valence-electron chi connectivity index (χ4n) is 2.52. The van der Waals surface area contributed by atoms with Gasteiger partial charge in [0.05, 0.1) is 5.02 Å². The molecule has 0 radical (unpaired) electrons. The second kappa shape index (κ2) is 9.31. The first-order valence-electron chi connectivity index (χ1n) is 8.41. The van der Waals surface area contributed by atoms with Crippen LogP contribution in [0.5, 0.6) is 5.75 Å². The van der Waals surface area contributed by atoms with Gasteiger partial charge < -0.3 is 4.74 Å². The zero-order valence-electron chi connectivity index (χ0n) is 14.8. The third-order valence-corrected chi connectivity index (χ3v) is 5.44. The summed E-state index contributed by atoms with van der Waals surface area (Å²) in [7, 11) is 0. The highest BCUT2D eigenvalue weighted by atomic mass is 35.5. The lowest BCUT2D eigenvalue weighted by molar-refractivity contribution is 0.210. The highest BCUT2D eigenvalue weighted by Crippen LogP contribution is 2.30. The van der Waals surface area contributed by atoms with Crippen molar-refractivity contribution in [2.45, 2.75) is 30.5 Å². The monoisotopic (exact) mass is 419 g/mol. The minimum absolute atomic E-state index is 0.303.